The van der Waals surface area contributed by atoms with Crippen molar-refractivity contribution in [2.45, 2.75) is 151 Å². The Morgan fingerprint density at radius 2 is 1.07 bits per heavy atom. The molecule has 0 N–H and O–H groups in total. The van der Waals surface area contributed by atoms with E-state index in [1.54, 1.807) is 36.4 Å². The molecule has 0 aromatic heterocycles. The van der Waals surface area contributed by atoms with Crippen LogP contribution in [0.25, 0.3) is 0 Å². The van der Waals surface area contributed by atoms with Gasteiger partial charge in [0.05, 0.1) is 27.4 Å². The molecule has 6 rings (SSSR count). The van der Waals surface area contributed by atoms with Gasteiger partial charge in [-0.25, -0.2) is 14.4 Å². The SMILES string of the molecule is COC(=O)[C@H]1O[C@@H](N2C(=O)O[C@H]3[C@H](O[C@@H]4O[C@H](C(=O)OC)[C@@H](OC(C)=O)[C@H](OC(C)=O)[C@H]4OC(C)=O)[C@@H](COCc4ccccc4)O[C@@H](Sc4ccc(C)cc4)[C@@H]32)[C@H](OC(C)=O)[C@@H](OC(C)=O)[C@@H]1OC(C)=O. The molecule has 0 unspecified atom stereocenters. The van der Waals surface area contributed by atoms with Crippen molar-refractivity contribution in [1.29, 1.82) is 0 Å². The van der Waals surface area contributed by atoms with Crippen LogP contribution < -0.4 is 0 Å². The van der Waals surface area contributed by atoms with Crippen LogP contribution in [0.3, 0.4) is 0 Å². The summed E-state index contributed by atoms with van der Waals surface area (Å²) in [5.74, 6) is -8.12. The first-order valence-corrected chi connectivity index (χ1v) is 23.2. The van der Waals surface area contributed by atoms with E-state index in [0.29, 0.717) is 4.90 Å². The Kier molecular flexibility index (Phi) is 18.6. The normalized spacial score (nSPS) is 30.8. The van der Waals surface area contributed by atoms with E-state index in [4.69, 9.17) is 66.3 Å². The van der Waals surface area contributed by atoms with Gasteiger partial charge in [0.15, 0.2) is 67.5 Å². The Morgan fingerprint density at radius 3 is 1.60 bits per heavy atom. The third kappa shape index (κ3) is 13.2. The molecule has 4 fully saturated rings. The maximum Gasteiger partial charge on any atom is 0.412 e. The number of carbonyl (C=O) groups excluding carboxylic acids is 9. The van der Waals surface area contributed by atoms with Crippen molar-refractivity contribution in [3.8, 4) is 0 Å². The molecule has 25 heteroatoms. The second-order valence-corrected chi connectivity index (χ2v) is 17.9. The number of benzene rings is 2. The average molecular weight is 1030 g/mol. The minimum absolute atomic E-state index is 0.0259. The van der Waals surface area contributed by atoms with Gasteiger partial charge in [0.2, 0.25) is 0 Å². The molecule has 4 heterocycles. The van der Waals surface area contributed by atoms with Crippen LogP contribution in [-0.2, 0) is 111 Å². The van der Waals surface area contributed by atoms with Gasteiger partial charge < -0.3 is 66.3 Å². The van der Waals surface area contributed by atoms with E-state index in [9.17, 15) is 43.2 Å². The zero-order valence-electron chi connectivity index (χ0n) is 40.5. The standard InChI is InChI=1S/C47H55NO23S/c1-21-15-17-29(18-16-21)72-46-31-33(71-47(57)48(31)42-38(65-26(6)53)34(61-22(2)49)35(62-23(3)50)39(68-42)43(55)58-8)32(30(67-46)20-60-19-28-13-11-10-12-14-28)69-45-41(66-27(7)54)37(64-25(5)52)36(63-24(4)51)40(70-45)44(56)59-9/h10-18,30-42,45-46H,19-20H2,1-9H3/t30-,31-,32-,33-,34+,35+,36+,37+,38-,39+,40+,41-,42-,45-,46+/m1/s1. The van der Waals surface area contributed by atoms with Crippen molar-refractivity contribution < 1.29 is 109 Å². The van der Waals surface area contributed by atoms with Gasteiger partial charge in [0, 0.05) is 46.4 Å². The van der Waals surface area contributed by atoms with Crippen LogP contribution in [0.2, 0.25) is 0 Å². The number of nitrogens with zero attached hydrogens (tertiary/aromatic N) is 1. The third-order valence-corrected chi connectivity index (χ3v) is 12.5. The smallest absolute Gasteiger partial charge is 0.412 e. The first-order valence-electron chi connectivity index (χ1n) is 22.4. The lowest BCUT2D eigenvalue weighted by Gasteiger charge is -2.50. The number of carbonyl (C=O) groups is 9. The Bertz CT molecular complexity index is 2320. The molecular weight excluding hydrogens is 979 g/mol. The third-order valence-electron chi connectivity index (χ3n) is 11.3. The molecule has 2 aromatic carbocycles. The maximum absolute atomic E-state index is 14.9. The summed E-state index contributed by atoms with van der Waals surface area (Å²) in [5, 5.41) is 0. The number of rotatable bonds is 17. The molecule has 2 aromatic rings. The molecule has 72 heavy (non-hydrogen) atoms. The lowest BCUT2D eigenvalue weighted by atomic mass is 9.93. The van der Waals surface area contributed by atoms with Crippen LogP contribution in [0.4, 0.5) is 4.79 Å². The molecule has 24 nitrogen and oxygen atoms in total. The van der Waals surface area contributed by atoms with Gasteiger partial charge in [-0.15, -0.1) is 0 Å². The van der Waals surface area contributed by atoms with Crippen LogP contribution in [0.5, 0.6) is 0 Å². The van der Waals surface area contributed by atoms with E-state index >= 15 is 0 Å². The van der Waals surface area contributed by atoms with Gasteiger partial charge >= 0.3 is 53.8 Å². The van der Waals surface area contributed by atoms with Gasteiger partial charge in [0.25, 0.3) is 0 Å². The lowest BCUT2D eigenvalue weighted by Crippen LogP contribution is -2.70. The van der Waals surface area contributed by atoms with Gasteiger partial charge in [0.1, 0.15) is 23.7 Å². The first kappa shape index (κ1) is 54.9. The van der Waals surface area contributed by atoms with E-state index < -0.39 is 145 Å². The highest BCUT2D eigenvalue weighted by Gasteiger charge is 2.66. The van der Waals surface area contributed by atoms with Crippen LogP contribution in [0, 0.1) is 6.92 Å². The predicted octanol–water partition coefficient (Wildman–Crippen LogP) is 1.99. The second-order valence-electron chi connectivity index (χ2n) is 16.7. The quantitative estimate of drug-likeness (QED) is 0.162. The number of fused-ring (bicyclic) bond motifs is 1. The zero-order valence-corrected chi connectivity index (χ0v) is 41.3. The Balaban J connectivity index is 1.53. The summed E-state index contributed by atoms with van der Waals surface area (Å²) < 4.78 is 81.8. The number of esters is 8. The monoisotopic (exact) mass is 1030 g/mol. The van der Waals surface area contributed by atoms with Gasteiger partial charge in [-0.3, -0.25) is 33.7 Å². The number of hydrogen-bond acceptors (Lipinski definition) is 24. The fourth-order valence-electron chi connectivity index (χ4n) is 8.57. The summed E-state index contributed by atoms with van der Waals surface area (Å²) in [6.45, 7) is 7.61. The Morgan fingerprint density at radius 1 is 0.583 bits per heavy atom. The molecule has 0 spiro atoms. The summed E-state index contributed by atoms with van der Waals surface area (Å²) in [4.78, 5) is 120. The highest BCUT2D eigenvalue weighted by atomic mass is 32.2. The van der Waals surface area contributed by atoms with Crippen molar-refractivity contribution in [3.63, 3.8) is 0 Å². The zero-order chi connectivity index (χ0) is 52.6. The fourth-order valence-corrected chi connectivity index (χ4v) is 9.75. The van der Waals surface area contributed by atoms with E-state index in [1.807, 2.05) is 25.1 Å². The van der Waals surface area contributed by atoms with E-state index in [2.05, 4.69) is 0 Å². The first-order chi connectivity index (χ1) is 34.2. The van der Waals surface area contributed by atoms with Crippen molar-refractivity contribution in [3.05, 3.63) is 65.7 Å². The number of methoxy groups -OCH3 is 2. The number of amides is 1. The minimum Gasteiger partial charge on any atom is -0.467 e. The van der Waals surface area contributed by atoms with Crippen molar-refractivity contribution >= 4 is 65.6 Å². The Labute approximate surface area is 416 Å². The van der Waals surface area contributed by atoms with E-state index in [-0.39, 0.29) is 13.2 Å². The van der Waals surface area contributed by atoms with E-state index in [1.165, 1.54) is 0 Å². The molecule has 0 bridgehead atoms. The largest absolute Gasteiger partial charge is 0.467 e. The lowest BCUT2D eigenvalue weighted by molar-refractivity contribution is -0.331. The number of hydrogen-bond donors (Lipinski definition) is 0. The van der Waals surface area contributed by atoms with Gasteiger partial charge in [-0.2, -0.15) is 0 Å². The van der Waals surface area contributed by atoms with Gasteiger partial charge in [-0.05, 0) is 24.6 Å². The molecule has 0 radical (unpaired) electrons. The molecule has 4 aliphatic rings. The summed E-state index contributed by atoms with van der Waals surface area (Å²) in [6, 6.07) is 14.8. The maximum atomic E-state index is 14.9. The predicted molar refractivity (Wildman–Crippen MR) is 237 cm³/mol. The number of ether oxygens (including phenoxy) is 14. The molecule has 0 saturated carbocycles. The fraction of sp³-hybridized carbons (Fsp3) is 0.553. The van der Waals surface area contributed by atoms with Gasteiger partial charge in [-0.1, -0.05) is 59.8 Å². The molecule has 1 amide bonds. The van der Waals surface area contributed by atoms with Crippen LogP contribution in [0.15, 0.2) is 59.5 Å². The highest BCUT2D eigenvalue weighted by Crippen LogP contribution is 2.46. The second kappa shape index (κ2) is 24.4. The molecule has 4 aliphatic heterocycles. The molecule has 0 aliphatic carbocycles. The van der Waals surface area contributed by atoms with Crippen molar-refractivity contribution in [2.24, 2.45) is 0 Å². The van der Waals surface area contributed by atoms with E-state index in [0.717, 1.165) is 83.6 Å². The van der Waals surface area contributed by atoms with Crippen LogP contribution >= 0.6 is 11.8 Å². The van der Waals surface area contributed by atoms with Crippen LogP contribution in [-0.4, -0.2) is 171 Å². The summed E-state index contributed by atoms with van der Waals surface area (Å²) >= 11 is 1.09. The molecule has 4 saturated heterocycles. The summed E-state index contributed by atoms with van der Waals surface area (Å²) in [5.41, 5.74) is 0.423. The molecule has 15 atom stereocenters. The van der Waals surface area contributed by atoms with Crippen molar-refractivity contribution in [1.82, 2.24) is 4.90 Å². The molecule has 392 valence electrons. The van der Waals surface area contributed by atoms with Crippen LogP contribution in [0.1, 0.15) is 52.7 Å². The highest BCUT2D eigenvalue weighted by molar-refractivity contribution is 7.99. The summed E-state index contributed by atoms with van der Waals surface area (Å²) in [7, 11) is 2.00. The summed E-state index contributed by atoms with van der Waals surface area (Å²) in [6.07, 6.45) is -24.3. The topological polar surface area (TPSA) is 286 Å². The average Bonchev–Trinajstić information content (AvgIpc) is 3.66. The van der Waals surface area contributed by atoms with Crippen molar-refractivity contribution in [2.75, 3.05) is 20.8 Å². The Hall–Kier alpha value is -6.38. The minimum atomic E-state index is -1.96. The number of aryl methyl sites for hydroxylation is 1. The molecular formula is C47H55NO23S. The number of thioether (sulfide) groups is 1.